The number of esters is 1. The molecule has 1 aromatic rings. The van der Waals surface area contributed by atoms with Crippen LogP contribution in [-0.4, -0.2) is 20.5 Å². The molecule has 1 atom stereocenters. The number of halogens is 1. The van der Waals surface area contributed by atoms with E-state index in [-0.39, 0.29) is 16.6 Å². The zero-order chi connectivity index (χ0) is 14.6. The monoisotopic (exact) mass is 304 g/mol. The average Bonchev–Trinajstić information content (AvgIpc) is 2.27. The van der Waals surface area contributed by atoms with Crippen LogP contribution in [0.15, 0.2) is 23.1 Å². The normalized spacial score (nSPS) is 13.1. The van der Waals surface area contributed by atoms with Gasteiger partial charge in [0.05, 0.1) is 16.6 Å². The molecule has 0 saturated heterocycles. The largest absolute Gasteiger partial charge is 0.459 e. The molecule has 1 rings (SSSR count). The molecule has 0 bridgehead atoms. The molecule has 106 valence electrons. The second kappa shape index (κ2) is 6.39. The Balaban J connectivity index is 3.00. The molecule has 0 aromatic heterocycles. The molecule has 1 unspecified atom stereocenters. The van der Waals surface area contributed by atoms with Gasteiger partial charge in [-0.1, -0.05) is 19.4 Å². The lowest BCUT2D eigenvalue weighted by atomic mass is 10.1. The van der Waals surface area contributed by atoms with Gasteiger partial charge in [0.15, 0.2) is 0 Å². The molecule has 4 nitrogen and oxygen atoms in total. The number of rotatable bonds is 5. The van der Waals surface area contributed by atoms with Crippen molar-refractivity contribution in [2.45, 2.75) is 44.6 Å². The molecule has 0 heterocycles. The summed E-state index contributed by atoms with van der Waals surface area (Å²) in [5.41, 5.74) is 0.681. The minimum absolute atomic E-state index is 0.0632. The maximum absolute atomic E-state index is 11.9. The zero-order valence-corrected chi connectivity index (χ0v) is 12.7. The number of ether oxygens (including phenoxy) is 1. The van der Waals surface area contributed by atoms with Crippen molar-refractivity contribution in [3.8, 4) is 0 Å². The third-order valence-electron chi connectivity index (χ3n) is 2.69. The summed E-state index contributed by atoms with van der Waals surface area (Å²) in [5, 5.41) is 0. The van der Waals surface area contributed by atoms with Crippen LogP contribution < -0.4 is 0 Å². The Morgan fingerprint density at radius 3 is 2.58 bits per heavy atom. The van der Waals surface area contributed by atoms with E-state index in [1.807, 2.05) is 6.92 Å². The Bertz CT molecular complexity index is 566. The van der Waals surface area contributed by atoms with Gasteiger partial charge in [0.2, 0.25) is 0 Å². The van der Waals surface area contributed by atoms with Gasteiger partial charge in [-0.25, -0.2) is 13.2 Å². The number of carbonyl (C=O) groups is 1. The van der Waals surface area contributed by atoms with Crippen LogP contribution in [0.4, 0.5) is 0 Å². The topological polar surface area (TPSA) is 60.4 Å². The van der Waals surface area contributed by atoms with Crippen molar-refractivity contribution in [2.24, 2.45) is 0 Å². The third kappa shape index (κ3) is 4.51. The summed E-state index contributed by atoms with van der Waals surface area (Å²) in [4.78, 5) is 11.8. The van der Waals surface area contributed by atoms with Crippen LogP contribution in [-0.2, 0) is 13.8 Å². The molecule has 0 N–H and O–H groups in total. The highest BCUT2D eigenvalue weighted by Gasteiger charge is 2.18. The predicted molar refractivity (Wildman–Crippen MR) is 74.0 cm³/mol. The first kappa shape index (κ1) is 16.0. The first-order valence-corrected chi connectivity index (χ1v) is 8.33. The van der Waals surface area contributed by atoms with E-state index in [2.05, 4.69) is 0 Å². The fourth-order valence-corrected chi connectivity index (χ4v) is 2.93. The quantitative estimate of drug-likeness (QED) is 0.619. The van der Waals surface area contributed by atoms with Gasteiger partial charge in [-0.2, -0.15) is 0 Å². The maximum Gasteiger partial charge on any atom is 0.338 e. The Kier molecular flexibility index (Phi) is 5.38. The highest BCUT2D eigenvalue weighted by molar-refractivity contribution is 8.13. The van der Waals surface area contributed by atoms with Crippen LogP contribution in [0.5, 0.6) is 0 Å². The van der Waals surface area contributed by atoms with Gasteiger partial charge in [-0.05, 0) is 38.0 Å². The summed E-state index contributed by atoms with van der Waals surface area (Å²) in [7, 11) is 1.45. The second-order valence-electron chi connectivity index (χ2n) is 4.42. The van der Waals surface area contributed by atoms with Gasteiger partial charge in [-0.15, -0.1) is 0 Å². The number of hydrogen-bond acceptors (Lipinski definition) is 4. The molecule has 0 spiro atoms. The number of hydrogen-bond donors (Lipinski definition) is 0. The average molecular weight is 305 g/mol. The van der Waals surface area contributed by atoms with E-state index < -0.39 is 15.0 Å². The SMILES string of the molecule is CCCC(C)OC(=O)c1ccc(C)c(S(=O)(=O)Cl)c1. The molecular formula is C13H17ClO4S. The van der Waals surface area contributed by atoms with Crippen molar-refractivity contribution in [2.75, 3.05) is 0 Å². The summed E-state index contributed by atoms with van der Waals surface area (Å²) in [6, 6.07) is 4.32. The van der Waals surface area contributed by atoms with Crippen LogP contribution in [0.1, 0.15) is 42.6 Å². The highest BCUT2D eigenvalue weighted by Crippen LogP contribution is 2.21. The molecule has 0 amide bonds. The van der Waals surface area contributed by atoms with Gasteiger partial charge in [0.1, 0.15) is 0 Å². The van der Waals surface area contributed by atoms with Crippen molar-refractivity contribution in [3.63, 3.8) is 0 Å². The van der Waals surface area contributed by atoms with Crippen LogP contribution in [0.25, 0.3) is 0 Å². The predicted octanol–water partition coefficient (Wildman–Crippen LogP) is 3.27. The van der Waals surface area contributed by atoms with Gasteiger partial charge < -0.3 is 4.74 Å². The van der Waals surface area contributed by atoms with E-state index in [1.54, 1.807) is 13.8 Å². The Labute approximate surface area is 118 Å². The summed E-state index contributed by atoms with van der Waals surface area (Å²) >= 11 is 0. The molecule has 0 radical (unpaired) electrons. The van der Waals surface area contributed by atoms with Crippen molar-refractivity contribution in [3.05, 3.63) is 29.3 Å². The second-order valence-corrected chi connectivity index (χ2v) is 6.96. The van der Waals surface area contributed by atoms with Gasteiger partial charge >= 0.3 is 5.97 Å². The Morgan fingerprint density at radius 1 is 1.42 bits per heavy atom. The number of aryl methyl sites for hydroxylation is 1. The third-order valence-corrected chi connectivity index (χ3v) is 4.15. The molecule has 19 heavy (non-hydrogen) atoms. The maximum atomic E-state index is 11.9. The van der Waals surface area contributed by atoms with Crippen molar-refractivity contribution in [1.82, 2.24) is 0 Å². The summed E-state index contributed by atoms with van der Waals surface area (Å²) < 4.78 is 27.9. The lowest BCUT2D eigenvalue weighted by Gasteiger charge is -2.12. The molecule has 0 fully saturated rings. The molecule has 1 aromatic carbocycles. The fourth-order valence-electron chi connectivity index (χ4n) is 1.71. The Morgan fingerprint density at radius 2 is 2.05 bits per heavy atom. The Hall–Kier alpha value is -1.07. The van der Waals surface area contributed by atoms with E-state index in [9.17, 15) is 13.2 Å². The van der Waals surface area contributed by atoms with Crippen LogP contribution in [0, 0.1) is 6.92 Å². The smallest absolute Gasteiger partial charge is 0.338 e. The van der Waals surface area contributed by atoms with Crippen molar-refractivity contribution >= 4 is 25.7 Å². The minimum atomic E-state index is -3.86. The van der Waals surface area contributed by atoms with E-state index in [1.165, 1.54) is 18.2 Å². The van der Waals surface area contributed by atoms with E-state index in [0.29, 0.717) is 5.56 Å². The molecule has 6 heteroatoms. The fraction of sp³-hybridized carbons (Fsp3) is 0.462. The highest BCUT2D eigenvalue weighted by atomic mass is 35.7. The zero-order valence-electron chi connectivity index (χ0n) is 11.1. The van der Waals surface area contributed by atoms with Crippen LogP contribution >= 0.6 is 10.7 Å². The molecule has 0 aliphatic heterocycles. The van der Waals surface area contributed by atoms with Crippen molar-refractivity contribution in [1.29, 1.82) is 0 Å². The first-order chi connectivity index (χ1) is 8.75. The van der Waals surface area contributed by atoms with E-state index >= 15 is 0 Å². The number of carbonyl (C=O) groups excluding carboxylic acids is 1. The van der Waals surface area contributed by atoms with Crippen LogP contribution in [0.3, 0.4) is 0 Å². The lowest BCUT2D eigenvalue weighted by Crippen LogP contribution is -2.15. The van der Waals surface area contributed by atoms with E-state index in [0.717, 1.165) is 12.8 Å². The van der Waals surface area contributed by atoms with Gasteiger partial charge in [0, 0.05) is 10.7 Å². The summed E-state index contributed by atoms with van der Waals surface area (Å²) in [6.45, 7) is 5.41. The molecule has 0 saturated carbocycles. The lowest BCUT2D eigenvalue weighted by molar-refractivity contribution is 0.0323. The molecular weight excluding hydrogens is 288 g/mol. The summed E-state index contributed by atoms with van der Waals surface area (Å²) in [6.07, 6.45) is 1.47. The first-order valence-electron chi connectivity index (χ1n) is 6.02. The standard InChI is InChI=1S/C13H17ClO4S/c1-4-5-10(3)18-13(15)11-7-6-9(2)12(8-11)19(14,16)17/h6-8,10H,4-5H2,1-3H3. The molecule has 0 aliphatic carbocycles. The molecule has 0 aliphatic rings. The van der Waals surface area contributed by atoms with Gasteiger partial charge in [0.25, 0.3) is 9.05 Å². The summed E-state index contributed by atoms with van der Waals surface area (Å²) in [5.74, 6) is -0.539. The van der Waals surface area contributed by atoms with Gasteiger partial charge in [-0.3, -0.25) is 0 Å². The van der Waals surface area contributed by atoms with E-state index in [4.69, 9.17) is 15.4 Å². The number of benzene rings is 1. The minimum Gasteiger partial charge on any atom is -0.459 e. The van der Waals surface area contributed by atoms with Crippen LogP contribution in [0.2, 0.25) is 0 Å². The van der Waals surface area contributed by atoms with Crippen molar-refractivity contribution < 1.29 is 17.9 Å².